The maximum Gasteiger partial charge on any atom is 0.146 e. The molecule has 0 saturated carbocycles. The van der Waals surface area contributed by atoms with Crippen molar-refractivity contribution in [2.75, 3.05) is 0 Å². The number of rotatable bonds is 3. The van der Waals surface area contributed by atoms with Gasteiger partial charge in [0.15, 0.2) is 0 Å². The van der Waals surface area contributed by atoms with Gasteiger partial charge in [0.1, 0.15) is 17.4 Å². The number of nitriles is 1. The first kappa shape index (κ1) is 11.7. The SMILES string of the molecule is CC(CC#N)Oc1ccc(Cl)c2cccnc12. The van der Waals surface area contributed by atoms with Crippen LogP contribution in [0, 0.1) is 11.3 Å². The number of nitrogens with zero attached hydrogens (tertiary/aromatic N) is 2. The molecule has 2 aromatic rings. The first-order chi connectivity index (χ1) is 8.22. The highest BCUT2D eigenvalue weighted by atomic mass is 35.5. The number of pyridine rings is 1. The summed E-state index contributed by atoms with van der Waals surface area (Å²) in [5, 5.41) is 10.1. The van der Waals surface area contributed by atoms with Crippen LogP contribution in [0.1, 0.15) is 13.3 Å². The van der Waals surface area contributed by atoms with Gasteiger partial charge in [0.25, 0.3) is 0 Å². The minimum atomic E-state index is -0.161. The van der Waals surface area contributed by atoms with Crippen molar-refractivity contribution in [2.24, 2.45) is 0 Å². The van der Waals surface area contributed by atoms with Gasteiger partial charge in [-0.2, -0.15) is 5.26 Å². The lowest BCUT2D eigenvalue weighted by molar-refractivity contribution is 0.229. The van der Waals surface area contributed by atoms with Crippen LogP contribution < -0.4 is 4.74 Å². The Hall–Kier alpha value is -1.79. The third kappa shape index (κ3) is 2.48. The Labute approximate surface area is 105 Å². The van der Waals surface area contributed by atoms with E-state index in [9.17, 15) is 0 Å². The third-order valence-corrected chi connectivity index (χ3v) is 2.72. The third-order valence-electron chi connectivity index (χ3n) is 2.39. The molecule has 0 aliphatic carbocycles. The second kappa shape index (κ2) is 5.03. The zero-order valence-corrected chi connectivity index (χ0v) is 10.1. The molecule has 2 rings (SSSR count). The maximum absolute atomic E-state index is 8.61. The number of aromatic nitrogens is 1. The summed E-state index contributed by atoms with van der Waals surface area (Å²) >= 11 is 6.08. The Balaban J connectivity index is 2.42. The number of ether oxygens (including phenoxy) is 1. The number of fused-ring (bicyclic) bond motifs is 1. The van der Waals surface area contributed by atoms with Gasteiger partial charge in [-0.05, 0) is 31.2 Å². The van der Waals surface area contributed by atoms with Crippen LogP contribution in [0.15, 0.2) is 30.5 Å². The monoisotopic (exact) mass is 246 g/mol. The molecule has 0 fully saturated rings. The molecular formula is C13H11ClN2O. The molecule has 1 aromatic heterocycles. The van der Waals surface area contributed by atoms with Gasteiger partial charge in [-0.3, -0.25) is 4.98 Å². The number of benzene rings is 1. The molecule has 0 radical (unpaired) electrons. The molecule has 0 amide bonds. The number of halogens is 1. The average Bonchev–Trinajstić information content (AvgIpc) is 2.34. The van der Waals surface area contributed by atoms with E-state index < -0.39 is 0 Å². The second-order valence-corrected chi connectivity index (χ2v) is 4.14. The Kier molecular flexibility index (Phi) is 3.46. The van der Waals surface area contributed by atoms with Gasteiger partial charge in [-0.15, -0.1) is 0 Å². The summed E-state index contributed by atoms with van der Waals surface area (Å²) in [5.41, 5.74) is 0.727. The Morgan fingerprint density at radius 3 is 3.06 bits per heavy atom. The summed E-state index contributed by atoms with van der Waals surface area (Å²) in [4.78, 5) is 4.26. The van der Waals surface area contributed by atoms with Crippen molar-refractivity contribution in [1.82, 2.24) is 4.98 Å². The minimum Gasteiger partial charge on any atom is -0.487 e. The van der Waals surface area contributed by atoms with Gasteiger partial charge < -0.3 is 4.74 Å². The van der Waals surface area contributed by atoms with E-state index in [0.717, 1.165) is 10.9 Å². The van der Waals surface area contributed by atoms with E-state index in [2.05, 4.69) is 11.1 Å². The van der Waals surface area contributed by atoms with Gasteiger partial charge in [-0.1, -0.05) is 11.6 Å². The fraction of sp³-hybridized carbons (Fsp3) is 0.231. The largest absolute Gasteiger partial charge is 0.487 e. The fourth-order valence-electron chi connectivity index (χ4n) is 1.59. The van der Waals surface area contributed by atoms with Crippen molar-refractivity contribution < 1.29 is 4.74 Å². The van der Waals surface area contributed by atoms with Crippen LogP contribution in [-0.4, -0.2) is 11.1 Å². The zero-order valence-electron chi connectivity index (χ0n) is 9.35. The first-order valence-electron chi connectivity index (χ1n) is 5.29. The van der Waals surface area contributed by atoms with Crippen molar-refractivity contribution in [1.29, 1.82) is 5.26 Å². The molecule has 0 bridgehead atoms. The molecule has 4 heteroatoms. The van der Waals surface area contributed by atoms with Gasteiger partial charge in [0, 0.05) is 11.6 Å². The standard InChI is InChI=1S/C13H11ClN2O/c1-9(6-7-15)17-12-5-4-11(14)10-3-2-8-16-13(10)12/h2-5,8-9H,6H2,1H3. The summed E-state index contributed by atoms with van der Waals surface area (Å²) in [5.74, 6) is 0.660. The van der Waals surface area contributed by atoms with Crippen molar-refractivity contribution in [3.8, 4) is 11.8 Å². The topological polar surface area (TPSA) is 45.9 Å². The molecule has 1 unspecified atom stereocenters. The quantitative estimate of drug-likeness (QED) is 0.832. The molecule has 0 N–H and O–H groups in total. The maximum atomic E-state index is 8.61. The predicted molar refractivity (Wildman–Crippen MR) is 67.1 cm³/mol. The van der Waals surface area contributed by atoms with Crippen LogP contribution in [0.4, 0.5) is 0 Å². The smallest absolute Gasteiger partial charge is 0.146 e. The predicted octanol–water partition coefficient (Wildman–Crippen LogP) is 3.57. The van der Waals surface area contributed by atoms with Crippen molar-refractivity contribution in [3.63, 3.8) is 0 Å². The zero-order chi connectivity index (χ0) is 12.3. The highest BCUT2D eigenvalue weighted by Gasteiger charge is 2.09. The van der Waals surface area contributed by atoms with Crippen molar-refractivity contribution in [2.45, 2.75) is 19.4 Å². The average molecular weight is 247 g/mol. The second-order valence-electron chi connectivity index (χ2n) is 3.74. The molecule has 17 heavy (non-hydrogen) atoms. The van der Waals surface area contributed by atoms with E-state index >= 15 is 0 Å². The molecule has 86 valence electrons. The van der Waals surface area contributed by atoms with Crippen molar-refractivity contribution >= 4 is 22.5 Å². The van der Waals surface area contributed by atoms with Gasteiger partial charge in [-0.25, -0.2) is 0 Å². The molecule has 0 aliphatic rings. The van der Waals surface area contributed by atoms with Gasteiger partial charge in [0.05, 0.1) is 17.5 Å². The highest BCUT2D eigenvalue weighted by molar-refractivity contribution is 6.35. The van der Waals surface area contributed by atoms with E-state index in [1.807, 2.05) is 19.1 Å². The summed E-state index contributed by atoms with van der Waals surface area (Å²) in [6.45, 7) is 1.85. The molecule has 1 heterocycles. The van der Waals surface area contributed by atoms with E-state index in [4.69, 9.17) is 21.6 Å². The van der Waals surface area contributed by atoms with Gasteiger partial charge >= 0.3 is 0 Å². The van der Waals surface area contributed by atoms with Crippen LogP contribution in [0.25, 0.3) is 10.9 Å². The van der Waals surface area contributed by atoms with E-state index in [1.165, 1.54) is 0 Å². The highest BCUT2D eigenvalue weighted by Crippen LogP contribution is 2.30. The lowest BCUT2D eigenvalue weighted by atomic mass is 10.2. The molecule has 3 nitrogen and oxygen atoms in total. The van der Waals surface area contributed by atoms with Crippen LogP contribution in [-0.2, 0) is 0 Å². The summed E-state index contributed by atoms with van der Waals surface area (Å²) in [6, 6.07) is 9.36. The molecule has 0 spiro atoms. The van der Waals surface area contributed by atoms with Crippen LogP contribution in [0.3, 0.4) is 0 Å². The lowest BCUT2D eigenvalue weighted by Gasteiger charge is -2.13. The normalized spacial score (nSPS) is 12.1. The Bertz CT molecular complexity index is 577. The minimum absolute atomic E-state index is 0.161. The van der Waals surface area contributed by atoms with Crippen LogP contribution in [0.5, 0.6) is 5.75 Å². The number of hydrogen-bond donors (Lipinski definition) is 0. The molecule has 1 aromatic carbocycles. The van der Waals surface area contributed by atoms with Gasteiger partial charge in [0.2, 0.25) is 0 Å². The Morgan fingerprint density at radius 2 is 2.29 bits per heavy atom. The first-order valence-corrected chi connectivity index (χ1v) is 5.67. The molecule has 0 saturated heterocycles. The number of hydrogen-bond acceptors (Lipinski definition) is 3. The summed E-state index contributed by atoms with van der Waals surface area (Å²) < 4.78 is 5.68. The van der Waals surface area contributed by atoms with E-state index in [-0.39, 0.29) is 6.10 Å². The fourth-order valence-corrected chi connectivity index (χ4v) is 1.81. The van der Waals surface area contributed by atoms with E-state index in [1.54, 1.807) is 18.3 Å². The van der Waals surface area contributed by atoms with Crippen molar-refractivity contribution in [3.05, 3.63) is 35.5 Å². The molecular weight excluding hydrogens is 236 g/mol. The summed E-state index contributed by atoms with van der Waals surface area (Å²) in [6.07, 6.45) is 1.88. The van der Waals surface area contributed by atoms with Crippen LogP contribution >= 0.6 is 11.6 Å². The molecule has 1 atom stereocenters. The lowest BCUT2D eigenvalue weighted by Crippen LogP contribution is -2.10. The summed E-state index contributed by atoms with van der Waals surface area (Å²) in [7, 11) is 0. The van der Waals surface area contributed by atoms with E-state index in [0.29, 0.717) is 17.2 Å². The molecule has 0 aliphatic heterocycles. The Morgan fingerprint density at radius 1 is 1.47 bits per heavy atom. The van der Waals surface area contributed by atoms with Crippen LogP contribution in [0.2, 0.25) is 5.02 Å².